The van der Waals surface area contributed by atoms with Crippen LogP contribution in [0.5, 0.6) is 0 Å². The fraction of sp³-hybridized carbons (Fsp3) is 0.222. The highest BCUT2D eigenvalue weighted by atomic mass is 79.9. The Balaban J connectivity index is 2.57. The number of halogens is 1. The van der Waals surface area contributed by atoms with Crippen LogP contribution < -0.4 is 5.73 Å². The Bertz CT molecular complexity index is 344. The second-order valence-electron chi connectivity index (χ2n) is 2.84. The van der Waals surface area contributed by atoms with Crippen molar-refractivity contribution in [1.82, 2.24) is 0 Å². The third-order valence-electron chi connectivity index (χ3n) is 1.99. The van der Waals surface area contributed by atoms with Gasteiger partial charge in [0.1, 0.15) is 0 Å². The molecule has 0 aliphatic carbocycles. The molecule has 1 aliphatic heterocycles. The first kappa shape index (κ1) is 7.80. The van der Waals surface area contributed by atoms with E-state index in [9.17, 15) is 0 Å². The Morgan fingerprint density at radius 3 is 3.00 bits per heavy atom. The molecule has 0 amide bonds. The number of amidine groups is 1. The van der Waals surface area contributed by atoms with E-state index in [-0.39, 0.29) is 0 Å². The van der Waals surface area contributed by atoms with Crippen molar-refractivity contribution in [2.45, 2.75) is 12.8 Å². The van der Waals surface area contributed by atoms with Crippen molar-refractivity contribution in [2.75, 3.05) is 0 Å². The summed E-state index contributed by atoms with van der Waals surface area (Å²) in [5.41, 5.74) is 7.91. The van der Waals surface area contributed by atoms with E-state index in [1.165, 1.54) is 5.56 Å². The average Bonchev–Trinajstić information content (AvgIpc) is 2.04. The van der Waals surface area contributed by atoms with Crippen LogP contribution in [-0.4, -0.2) is 5.84 Å². The molecule has 0 bridgehead atoms. The molecule has 2 nitrogen and oxygen atoms in total. The fourth-order valence-electron chi connectivity index (χ4n) is 1.36. The van der Waals surface area contributed by atoms with Crippen LogP contribution in [0.15, 0.2) is 27.7 Å². The summed E-state index contributed by atoms with van der Waals surface area (Å²) < 4.78 is 1.14. The molecule has 0 fully saturated rings. The van der Waals surface area contributed by atoms with Gasteiger partial charge in [-0.2, -0.15) is 0 Å². The standard InChI is InChI=1S/C9H9BrN2/c10-7-2-1-3-8-6(7)4-5-9(11)12-8/h1-3H,4-5H2,(H2,11,12). The first-order valence-corrected chi connectivity index (χ1v) is 4.67. The highest BCUT2D eigenvalue weighted by Crippen LogP contribution is 2.30. The van der Waals surface area contributed by atoms with E-state index in [0.29, 0.717) is 0 Å². The molecule has 2 rings (SSSR count). The molecule has 2 N–H and O–H groups in total. The summed E-state index contributed by atoms with van der Waals surface area (Å²) in [4.78, 5) is 4.27. The van der Waals surface area contributed by atoms with Crippen molar-refractivity contribution >= 4 is 27.5 Å². The number of aliphatic imine (C=N–C) groups is 1. The van der Waals surface area contributed by atoms with E-state index in [4.69, 9.17) is 5.73 Å². The number of nitrogens with two attached hydrogens (primary N) is 1. The van der Waals surface area contributed by atoms with Gasteiger partial charge in [0.15, 0.2) is 0 Å². The minimum absolute atomic E-state index is 0.737. The molecule has 62 valence electrons. The summed E-state index contributed by atoms with van der Waals surface area (Å²) in [6.07, 6.45) is 1.86. The third-order valence-corrected chi connectivity index (χ3v) is 2.73. The highest BCUT2D eigenvalue weighted by molar-refractivity contribution is 9.10. The largest absolute Gasteiger partial charge is 0.387 e. The monoisotopic (exact) mass is 224 g/mol. The second-order valence-corrected chi connectivity index (χ2v) is 3.69. The van der Waals surface area contributed by atoms with Crippen LogP contribution in [0.4, 0.5) is 5.69 Å². The van der Waals surface area contributed by atoms with Gasteiger partial charge in [-0.3, -0.25) is 0 Å². The van der Waals surface area contributed by atoms with Crippen LogP contribution in [0.2, 0.25) is 0 Å². The zero-order valence-corrected chi connectivity index (χ0v) is 8.13. The maximum Gasteiger partial charge on any atom is 0.0999 e. The second kappa shape index (κ2) is 2.90. The van der Waals surface area contributed by atoms with Gasteiger partial charge in [-0.1, -0.05) is 22.0 Å². The van der Waals surface area contributed by atoms with E-state index in [1.54, 1.807) is 0 Å². The molecule has 0 spiro atoms. The van der Waals surface area contributed by atoms with Crippen LogP contribution in [-0.2, 0) is 6.42 Å². The fourth-order valence-corrected chi connectivity index (χ4v) is 1.92. The van der Waals surface area contributed by atoms with Gasteiger partial charge < -0.3 is 5.73 Å². The zero-order valence-electron chi connectivity index (χ0n) is 6.55. The number of nitrogens with zero attached hydrogens (tertiary/aromatic N) is 1. The number of benzene rings is 1. The average molecular weight is 225 g/mol. The van der Waals surface area contributed by atoms with E-state index in [2.05, 4.69) is 20.9 Å². The van der Waals surface area contributed by atoms with Crippen molar-refractivity contribution in [3.63, 3.8) is 0 Å². The van der Waals surface area contributed by atoms with Gasteiger partial charge in [-0.25, -0.2) is 4.99 Å². The normalized spacial score (nSPS) is 15.2. The predicted octanol–water partition coefficient (Wildman–Crippen LogP) is 2.38. The quantitative estimate of drug-likeness (QED) is 0.723. The molecule has 12 heavy (non-hydrogen) atoms. The van der Waals surface area contributed by atoms with Gasteiger partial charge in [0, 0.05) is 10.9 Å². The summed E-state index contributed by atoms with van der Waals surface area (Å²) in [5.74, 6) is 0.737. The minimum atomic E-state index is 0.737. The van der Waals surface area contributed by atoms with Gasteiger partial charge in [-0.05, 0) is 24.1 Å². The van der Waals surface area contributed by atoms with Crippen LogP contribution in [0.25, 0.3) is 0 Å². The van der Waals surface area contributed by atoms with Gasteiger partial charge in [-0.15, -0.1) is 0 Å². The minimum Gasteiger partial charge on any atom is -0.387 e. The SMILES string of the molecule is NC1=Nc2cccc(Br)c2CC1. The van der Waals surface area contributed by atoms with E-state index >= 15 is 0 Å². The lowest BCUT2D eigenvalue weighted by Crippen LogP contribution is -2.15. The van der Waals surface area contributed by atoms with E-state index in [1.807, 2.05) is 18.2 Å². The smallest absolute Gasteiger partial charge is 0.0999 e. The molecule has 3 heteroatoms. The van der Waals surface area contributed by atoms with Crippen molar-refractivity contribution in [3.05, 3.63) is 28.2 Å². The predicted molar refractivity (Wildman–Crippen MR) is 53.7 cm³/mol. The molecule has 1 aromatic rings. The molecule has 1 aliphatic rings. The lowest BCUT2D eigenvalue weighted by molar-refractivity contribution is 0.988. The summed E-state index contributed by atoms with van der Waals surface area (Å²) in [5, 5.41) is 0. The van der Waals surface area contributed by atoms with Crippen molar-refractivity contribution in [1.29, 1.82) is 0 Å². The summed E-state index contributed by atoms with van der Waals surface area (Å²) in [6.45, 7) is 0. The molecule has 1 aromatic carbocycles. The first-order valence-electron chi connectivity index (χ1n) is 3.88. The lowest BCUT2D eigenvalue weighted by Gasteiger charge is -2.13. The maximum atomic E-state index is 5.63. The Labute approximate surface area is 79.6 Å². The number of rotatable bonds is 0. The maximum absolute atomic E-state index is 5.63. The highest BCUT2D eigenvalue weighted by Gasteiger charge is 2.11. The molecule has 0 radical (unpaired) electrons. The van der Waals surface area contributed by atoms with Gasteiger partial charge in [0.25, 0.3) is 0 Å². The van der Waals surface area contributed by atoms with E-state index < -0.39 is 0 Å². The van der Waals surface area contributed by atoms with Crippen LogP contribution in [0, 0.1) is 0 Å². The van der Waals surface area contributed by atoms with Crippen LogP contribution >= 0.6 is 15.9 Å². The molecule has 0 aromatic heterocycles. The lowest BCUT2D eigenvalue weighted by atomic mass is 10.0. The summed E-state index contributed by atoms with van der Waals surface area (Å²) in [7, 11) is 0. The van der Waals surface area contributed by atoms with Gasteiger partial charge >= 0.3 is 0 Å². The molecule has 0 unspecified atom stereocenters. The zero-order chi connectivity index (χ0) is 8.55. The number of hydrogen-bond acceptors (Lipinski definition) is 2. The number of fused-ring (bicyclic) bond motifs is 1. The Morgan fingerprint density at radius 2 is 2.17 bits per heavy atom. The summed E-state index contributed by atoms with van der Waals surface area (Å²) >= 11 is 3.49. The molecular weight excluding hydrogens is 216 g/mol. The Hall–Kier alpha value is -0.830. The van der Waals surface area contributed by atoms with Gasteiger partial charge in [0.05, 0.1) is 11.5 Å². The topological polar surface area (TPSA) is 38.4 Å². The van der Waals surface area contributed by atoms with Crippen LogP contribution in [0.3, 0.4) is 0 Å². The summed E-state index contributed by atoms with van der Waals surface area (Å²) in [6, 6.07) is 6.01. The number of hydrogen-bond donors (Lipinski definition) is 1. The molecular formula is C9H9BrN2. The van der Waals surface area contributed by atoms with Gasteiger partial charge in [0.2, 0.25) is 0 Å². The van der Waals surface area contributed by atoms with Crippen molar-refractivity contribution < 1.29 is 0 Å². The van der Waals surface area contributed by atoms with E-state index in [0.717, 1.165) is 28.8 Å². The molecule has 1 heterocycles. The molecule has 0 saturated carbocycles. The Morgan fingerprint density at radius 1 is 1.33 bits per heavy atom. The molecule has 0 saturated heterocycles. The van der Waals surface area contributed by atoms with Crippen LogP contribution in [0.1, 0.15) is 12.0 Å². The molecule has 0 atom stereocenters. The third kappa shape index (κ3) is 1.25. The van der Waals surface area contributed by atoms with Crippen molar-refractivity contribution in [3.8, 4) is 0 Å². The Kier molecular flexibility index (Phi) is 1.89. The van der Waals surface area contributed by atoms with Crippen molar-refractivity contribution in [2.24, 2.45) is 10.7 Å². The first-order chi connectivity index (χ1) is 5.77.